The van der Waals surface area contributed by atoms with Crippen LogP contribution in [0.25, 0.3) is 10.1 Å². The Bertz CT molecular complexity index is 769. The molecule has 1 aliphatic carbocycles. The Kier molecular flexibility index (Phi) is 2.05. The summed E-state index contributed by atoms with van der Waals surface area (Å²) in [6.45, 7) is 6.55. The SMILES string of the molecule is C=C1C=C[C@]23CCN(Cc4c2sc2ccccc42)[C@H]3C1. The maximum absolute atomic E-state index is 4.19. The van der Waals surface area contributed by atoms with Gasteiger partial charge < -0.3 is 0 Å². The second kappa shape index (κ2) is 3.63. The maximum atomic E-state index is 4.19. The van der Waals surface area contributed by atoms with Crippen molar-refractivity contribution in [2.45, 2.75) is 30.8 Å². The van der Waals surface area contributed by atoms with Gasteiger partial charge in [0.2, 0.25) is 0 Å². The molecule has 1 aromatic heterocycles. The molecule has 0 N–H and O–H groups in total. The molecule has 1 fully saturated rings. The van der Waals surface area contributed by atoms with Crippen molar-refractivity contribution in [2.75, 3.05) is 6.54 Å². The third-order valence-corrected chi connectivity index (χ3v) is 6.81. The Labute approximate surface area is 123 Å². The van der Waals surface area contributed by atoms with Crippen molar-refractivity contribution in [1.82, 2.24) is 4.90 Å². The molecule has 2 bridgehead atoms. The molecule has 100 valence electrons. The Hall–Kier alpha value is -1.38. The first-order valence-corrected chi connectivity index (χ1v) is 8.21. The molecule has 1 saturated heterocycles. The zero-order valence-electron chi connectivity index (χ0n) is 11.4. The van der Waals surface area contributed by atoms with Crippen LogP contribution < -0.4 is 0 Å². The van der Waals surface area contributed by atoms with E-state index in [0.29, 0.717) is 6.04 Å². The van der Waals surface area contributed by atoms with Gasteiger partial charge in [0.1, 0.15) is 0 Å². The largest absolute Gasteiger partial charge is 0.294 e. The molecule has 3 aliphatic rings. The summed E-state index contributed by atoms with van der Waals surface area (Å²) in [6.07, 6.45) is 7.17. The van der Waals surface area contributed by atoms with Crippen LogP contribution in [-0.2, 0) is 12.0 Å². The zero-order valence-corrected chi connectivity index (χ0v) is 12.2. The number of allylic oxidation sites excluding steroid dienone is 1. The normalized spacial score (nSPS) is 34.3. The van der Waals surface area contributed by atoms with Gasteiger partial charge in [0.05, 0.1) is 0 Å². The molecule has 3 heterocycles. The second-order valence-corrected chi connectivity index (χ2v) is 7.43. The smallest absolute Gasteiger partial charge is 0.0404 e. The third kappa shape index (κ3) is 1.22. The number of hydrogen-bond acceptors (Lipinski definition) is 2. The Morgan fingerprint density at radius 2 is 2.20 bits per heavy atom. The summed E-state index contributed by atoms with van der Waals surface area (Å²) in [7, 11) is 0. The van der Waals surface area contributed by atoms with Gasteiger partial charge in [0.15, 0.2) is 0 Å². The minimum absolute atomic E-state index is 0.276. The summed E-state index contributed by atoms with van der Waals surface area (Å²) in [5.74, 6) is 0. The number of rotatable bonds is 0. The lowest BCUT2D eigenvalue weighted by molar-refractivity contribution is 0.197. The molecule has 0 spiro atoms. The summed E-state index contributed by atoms with van der Waals surface area (Å²) in [4.78, 5) is 4.33. The minimum atomic E-state index is 0.276. The molecule has 2 aliphatic heterocycles. The van der Waals surface area contributed by atoms with E-state index in [9.17, 15) is 0 Å². The van der Waals surface area contributed by atoms with Gasteiger partial charge >= 0.3 is 0 Å². The molecular weight excluding hydrogens is 262 g/mol. The lowest BCUT2D eigenvalue weighted by Gasteiger charge is -2.43. The van der Waals surface area contributed by atoms with Crippen molar-refractivity contribution in [1.29, 1.82) is 0 Å². The van der Waals surface area contributed by atoms with Crippen LogP contribution in [0, 0.1) is 0 Å². The Balaban J connectivity index is 1.84. The highest BCUT2D eigenvalue weighted by Crippen LogP contribution is 2.55. The van der Waals surface area contributed by atoms with Crippen molar-refractivity contribution in [2.24, 2.45) is 0 Å². The fourth-order valence-electron chi connectivity index (χ4n) is 4.43. The van der Waals surface area contributed by atoms with Crippen LogP contribution in [0.3, 0.4) is 0 Å². The van der Waals surface area contributed by atoms with E-state index < -0.39 is 0 Å². The predicted octanol–water partition coefficient (Wildman–Crippen LogP) is 4.24. The van der Waals surface area contributed by atoms with Gasteiger partial charge in [-0.3, -0.25) is 4.90 Å². The summed E-state index contributed by atoms with van der Waals surface area (Å²) < 4.78 is 1.46. The summed E-state index contributed by atoms with van der Waals surface area (Å²) >= 11 is 2.03. The number of hydrogen-bond donors (Lipinski definition) is 0. The van der Waals surface area contributed by atoms with Crippen LogP contribution in [-0.4, -0.2) is 17.5 Å². The van der Waals surface area contributed by atoms with Crippen LogP contribution in [0.15, 0.2) is 48.6 Å². The van der Waals surface area contributed by atoms with E-state index in [2.05, 4.69) is 47.9 Å². The summed E-state index contributed by atoms with van der Waals surface area (Å²) in [5, 5.41) is 1.48. The van der Waals surface area contributed by atoms with Gasteiger partial charge in [0, 0.05) is 34.1 Å². The minimum Gasteiger partial charge on any atom is -0.294 e. The molecule has 0 saturated carbocycles. The summed E-state index contributed by atoms with van der Waals surface area (Å²) in [5.41, 5.74) is 3.16. The van der Waals surface area contributed by atoms with Crippen LogP contribution in [0.4, 0.5) is 0 Å². The average Bonchev–Trinajstić information content (AvgIpc) is 2.97. The number of thiophene rings is 1. The first-order chi connectivity index (χ1) is 9.78. The quantitative estimate of drug-likeness (QED) is 0.697. The molecular formula is C18H17NS. The van der Waals surface area contributed by atoms with Crippen molar-refractivity contribution < 1.29 is 0 Å². The van der Waals surface area contributed by atoms with Gasteiger partial charge in [-0.1, -0.05) is 42.5 Å². The molecule has 0 radical (unpaired) electrons. The van der Waals surface area contributed by atoms with E-state index in [0.717, 1.165) is 13.0 Å². The zero-order chi connectivity index (χ0) is 13.3. The number of benzene rings is 1. The lowest BCUT2D eigenvalue weighted by Crippen LogP contribution is -2.46. The molecule has 2 aromatic rings. The molecule has 3 atom stereocenters. The van der Waals surface area contributed by atoms with E-state index in [1.54, 1.807) is 10.4 Å². The molecule has 1 aromatic carbocycles. The highest BCUT2D eigenvalue weighted by Gasteiger charge is 2.53. The van der Waals surface area contributed by atoms with Crippen molar-refractivity contribution in [3.05, 3.63) is 59.0 Å². The van der Waals surface area contributed by atoms with Crippen molar-refractivity contribution >= 4 is 21.4 Å². The van der Waals surface area contributed by atoms with Gasteiger partial charge in [0.25, 0.3) is 0 Å². The first-order valence-electron chi connectivity index (χ1n) is 7.40. The van der Waals surface area contributed by atoms with Crippen molar-refractivity contribution in [3.8, 4) is 0 Å². The summed E-state index contributed by atoms with van der Waals surface area (Å²) in [6, 6.07) is 9.57. The topological polar surface area (TPSA) is 3.24 Å². The lowest BCUT2D eigenvalue weighted by atomic mass is 9.70. The standard InChI is InChI=1S/C18H17NS/c1-12-6-7-18-8-9-19(16(18)10-12)11-14-13-4-2-3-5-15(13)20-17(14)18/h2-7,16H,1,8-11H2/t16-,18+/m0/s1. The highest BCUT2D eigenvalue weighted by atomic mass is 32.1. The van der Waals surface area contributed by atoms with Crippen LogP contribution in [0.5, 0.6) is 0 Å². The Morgan fingerprint density at radius 3 is 3.15 bits per heavy atom. The van der Waals surface area contributed by atoms with Gasteiger partial charge in [-0.05, 0) is 29.9 Å². The monoisotopic (exact) mass is 279 g/mol. The number of nitrogens with zero attached hydrogens (tertiary/aromatic N) is 1. The van der Waals surface area contributed by atoms with E-state index in [4.69, 9.17) is 0 Å². The van der Waals surface area contributed by atoms with Crippen LogP contribution in [0.2, 0.25) is 0 Å². The number of fused-ring (bicyclic) bond motifs is 3. The fraction of sp³-hybridized carbons (Fsp3) is 0.333. The van der Waals surface area contributed by atoms with Crippen molar-refractivity contribution in [3.63, 3.8) is 0 Å². The van der Waals surface area contributed by atoms with E-state index >= 15 is 0 Å². The average molecular weight is 279 g/mol. The molecule has 0 amide bonds. The molecule has 2 heteroatoms. The fourth-order valence-corrected chi connectivity index (χ4v) is 5.89. The third-order valence-electron chi connectivity index (χ3n) is 5.40. The Morgan fingerprint density at radius 1 is 1.30 bits per heavy atom. The molecule has 20 heavy (non-hydrogen) atoms. The van der Waals surface area contributed by atoms with E-state index in [-0.39, 0.29) is 5.41 Å². The maximum Gasteiger partial charge on any atom is 0.0404 e. The van der Waals surface area contributed by atoms with Crippen LogP contribution in [0.1, 0.15) is 23.3 Å². The van der Waals surface area contributed by atoms with Crippen LogP contribution >= 0.6 is 11.3 Å². The van der Waals surface area contributed by atoms with Gasteiger partial charge in [-0.25, -0.2) is 0 Å². The predicted molar refractivity (Wildman–Crippen MR) is 85.2 cm³/mol. The second-order valence-electron chi connectivity index (χ2n) is 6.38. The van der Waals surface area contributed by atoms with Gasteiger partial charge in [-0.2, -0.15) is 0 Å². The first kappa shape index (κ1) is 11.3. The van der Waals surface area contributed by atoms with Gasteiger partial charge in [-0.15, -0.1) is 11.3 Å². The molecule has 5 rings (SSSR count). The molecule has 1 unspecified atom stereocenters. The molecule has 1 nitrogen and oxygen atoms in total. The van der Waals surface area contributed by atoms with E-state index in [1.807, 2.05) is 11.3 Å². The van der Waals surface area contributed by atoms with E-state index in [1.165, 1.54) is 28.6 Å². The highest BCUT2D eigenvalue weighted by molar-refractivity contribution is 7.19.